The third kappa shape index (κ3) is 4.04. The predicted molar refractivity (Wildman–Crippen MR) is 104 cm³/mol. The maximum Gasteiger partial charge on any atom is 0.252 e. The highest BCUT2D eigenvalue weighted by Crippen LogP contribution is 2.24. The molecule has 3 aromatic rings. The molecule has 1 heterocycles. The topological polar surface area (TPSA) is 88.4 Å². The van der Waals surface area contributed by atoms with Crippen molar-refractivity contribution >= 4 is 26.9 Å². The molecule has 1 amide bonds. The molecule has 27 heavy (non-hydrogen) atoms. The van der Waals surface area contributed by atoms with Crippen LogP contribution in [0.4, 0.5) is 0 Å². The lowest BCUT2D eigenvalue weighted by atomic mass is 10.1. The molecule has 0 bridgehead atoms. The van der Waals surface area contributed by atoms with Crippen molar-refractivity contribution in [2.24, 2.45) is 0 Å². The zero-order valence-corrected chi connectivity index (χ0v) is 16.3. The van der Waals surface area contributed by atoms with E-state index in [1.807, 2.05) is 37.3 Å². The van der Waals surface area contributed by atoms with Gasteiger partial charge in [0.05, 0.1) is 10.9 Å². The van der Waals surface area contributed by atoms with Crippen molar-refractivity contribution in [3.8, 4) is 0 Å². The van der Waals surface area contributed by atoms with Crippen LogP contribution in [0.25, 0.3) is 11.0 Å². The zero-order chi connectivity index (χ0) is 19.6. The Balaban J connectivity index is 1.85. The molecule has 3 rings (SSSR count). The molecule has 0 aliphatic rings. The quantitative estimate of drug-likeness (QED) is 0.678. The minimum atomic E-state index is -3.63. The standard InChI is InChI=1S/C20H22N2O4S/c1-4-21-27(24,25)16-10-9-13(2)17(12-16)20(23)22-14(3)19-11-15-7-5-6-8-18(15)26-19/h5-12,14,21H,4H2,1-3H3,(H,22,23). The summed E-state index contributed by atoms with van der Waals surface area (Å²) in [6.07, 6.45) is 0. The van der Waals surface area contributed by atoms with Crippen molar-refractivity contribution in [1.82, 2.24) is 10.0 Å². The first kappa shape index (κ1) is 19.1. The summed E-state index contributed by atoms with van der Waals surface area (Å²) in [4.78, 5) is 12.8. The zero-order valence-electron chi connectivity index (χ0n) is 15.4. The fourth-order valence-corrected chi connectivity index (χ4v) is 3.91. The Kier molecular flexibility index (Phi) is 5.34. The van der Waals surface area contributed by atoms with E-state index < -0.39 is 10.0 Å². The van der Waals surface area contributed by atoms with Gasteiger partial charge < -0.3 is 9.73 Å². The number of carbonyl (C=O) groups is 1. The number of hydrogen-bond acceptors (Lipinski definition) is 4. The SMILES string of the molecule is CCNS(=O)(=O)c1ccc(C)c(C(=O)NC(C)c2cc3ccccc3o2)c1. The molecule has 0 fully saturated rings. The maximum absolute atomic E-state index is 12.7. The van der Waals surface area contributed by atoms with Gasteiger partial charge >= 0.3 is 0 Å². The van der Waals surface area contributed by atoms with E-state index in [0.717, 1.165) is 11.0 Å². The van der Waals surface area contributed by atoms with E-state index in [1.54, 1.807) is 19.9 Å². The molecule has 1 atom stereocenters. The molecule has 2 aromatic carbocycles. The Morgan fingerprint density at radius 1 is 1.15 bits per heavy atom. The number of para-hydroxylation sites is 1. The van der Waals surface area contributed by atoms with Crippen LogP contribution in [0.1, 0.15) is 41.6 Å². The van der Waals surface area contributed by atoms with E-state index in [0.29, 0.717) is 16.9 Å². The molecule has 1 aromatic heterocycles. The number of nitrogens with one attached hydrogen (secondary N) is 2. The summed E-state index contributed by atoms with van der Waals surface area (Å²) in [5.41, 5.74) is 1.76. The van der Waals surface area contributed by atoms with Crippen molar-refractivity contribution in [2.75, 3.05) is 6.54 Å². The maximum atomic E-state index is 12.7. The fraction of sp³-hybridized carbons (Fsp3) is 0.250. The smallest absolute Gasteiger partial charge is 0.252 e. The molecule has 2 N–H and O–H groups in total. The predicted octanol–water partition coefficient (Wildman–Crippen LogP) is 3.53. The van der Waals surface area contributed by atoms with Crippen LogP contribution < -0.4 is 10.0 Å². The summed E-state index contributed by atoms with van der Waals surface area (Å²) in [7, 11) is -3.63. The number of benzene rings is 2. The van der Waals surface area contributed by atoms with Gasteiger partial charge in [-0.05, 0) is 43.7 Å². The highest BCUT2D eigenvalue weighted by atomic mass is 32.2. The summed E-state index contributed by atoms with van der Waals surface area (Å²) in [5, 5.41) is 3.84. The molecule has 142 valence electrons. The largest absolute Gasteiger partial charge is 0.459 e. The second-order valence-electron chi connectivity index (χ2n) is 6.36. The van der Waals surface area contributed by atoms with Crippen LogP contribution in [-0.4, -0.2) is 20.9 Å². The molecule has 7 heteroatoms. The first-order valence-corrected chi connectivity index (χ1v) is 10.2. The van der Waals surface area contributed by atoms with Crippen molar-refractivity contribution in [3.05, 3.63) is 65.4 Å². The summed E-state index contributed by atoms with van der Waals surface area (Å²) in [6, 6.07) is 13.7. The van der Waals surface area contributed by atoms with E-state index in [2.05, 4.69) is 10.0 Å². The molecule has 0 saturated carbocycles. The number of amides is 1. The van der Waals surface area contributed by atoms with Gasteiger partial charge in [0, 0.05) is 17.5 Å². The van der Waals surface area contributed by atoms with Gasteiger partial charge in [-0.25, -0.2) is 13.1 Å². The average molecular weight is 386 g/mol. The van der Waals surface area contributed by atoms with Crippen molar-refractivity contribution < 1.29 is 17.6 Å². The minimum absolute atomic E-state index is 0.0662. The summed E-state index contributed by atoms with van der Waals surface area (Å²) < 4.78 is 32.6. The van der Waals surface area contributed by atoms with Crippen LogP contribution >= 0.6 is 0 Å². The second-order valence-corrected chi connectivity index (χ2v) is 8.13. The van der Waals surface area contributed by atoms with E-state index in [-0.39, 0.29) is 23.4 Å². The van der Waals surface area contributed by atoms with Crippen LogP contribution in [0.3, 0.4) is 0 Å². The van der Waals surface area contributed by atoms with Crippen molar-refractivity contribution in [1.29, 1.82) is 0 Å². The van der Waals surface area contributed by atoms with Gasteiger partial charge in [0.1, 0.15) is 11.3 Å². The van der Waals surface area contributed by atoms with Gasteiger partial charge in [-0.15, -0.1) is 0 Å². The van der Waals surface area contributed by atoms with Crippen LogP contribution in [0.2, 0.25) is 0 Å². The first-order valence-electron chi connectivity index (χ1n) is 8.71. The molecular formula is C20H22N2O4S. The van der Waals surface area contributed by atoms with E-state index in [1.165, 1.54) is 12.1 Å². The number of rotatable bonds is 6. The second kappa shape index (κ2) is 7.54. The van der Waals surface area contributed by atoms with Crippen LogP contribution in [-0.2, 0) is 10.0 Å². The monoisotopic (exact) mass is 386 g/mol. The Labute approximate surface area is 158 Å². The number of furan rings is 1. The van der Waals surface area contributed by atoms with Gasteiger partial charge in [-0.2, -0.15) is 0 Å². The summed E-state index contributed by atoms with van der Waals surface area (Å²) in [5.74, 6) is 0.285. The molecule has 0 radical (unpaired) electrons. The van der Waals surface area contributed by atoms with E-state index in [9.17, 15) is 13.2 Å². The van der Waals surface area contributed by atoms with Crippen LogP contribution in [0.15, 0.2) is 57.8 Å². The summed E-state index contributed by atoms with van der Waals surface area (Å²) >= 11 is 0. The van der Waals surface area contributed by atoms with Crippen LogP contribution in [0.5, 0.6) is 0 Å². The Bertz CT molecular complexity index is 1050. The third-order valence-corrected chi connectivity index (χ3v) is 5.86. The molecule has 0 spiro atoms. The molecular weight excluding hydrogens is 364 g/mol. The number of fused-ring (bicyclic) bond motifs is 1. The lowest BCUT2D eigenvalue weighted by Crippen LogP contribution is -2.28. The van der Waals surface area contributed by atoms with Crippen molar-refractivity contribution in [2.45, 2.75) is 31.7 Å². The first-order chi connectivity index (χ1) is 12.8. The third-order valence-electron chi connectivity index (χ3n) is 4.32. The highest BCUT2D eigenvalue weighted by molar-refractivity contribution is 7.89. The van der Waals surface area contributed by atoms with Crippen LogP contribution in [0, 0.1) is 6.92 Å². The van der Waals surface area contributed by atoms with Crippen molar-refractivity contribution in [3.63, 3.8) is 0 Å². The number of carbonyl (C=O) groups excluding carboxylic acids is 1. The molecule has 0 aliphatic carbocycles. The van der Waals surface area contributed by atoms with Gasteiger partial charge in [0.2, 0.25) is 10.0 Å². The minimum Gasteiger partial charge on any atom is -0.459 e. The van der Waals surface area contributed by atoms with Gasteiger partial charge in [-0.1, -0.05) is 31.2 Å². The normalized spacial score (nSPS) is 12.9. The van der Waals surface area contributed by atoms with Gasteiger partial charge in [0.25, 0.3) is 5.91 Å². The highest BCUT2D eigenvalue weighted by Gasteiger charge is 2.20. The lowest BCUT2D eigenvalue weighted by Gasteiger charge is -2.14. The molecule has 0 aliphatic heterocycles. The number of hydrogen-bond donors (Lipinski definition) is 2. The molecule has 0 saturated heterocycles. The Hall–Kier alpha value is -2.64. The Morgan fingerprint density at radius 2 is 1.89 bits per heavy atom. The molecule has 1 unspecified atom stereocenters. The Morgan fingerprint density at radius 3 is 2.59 bits per heavy atom. The lowest BCUT2D eigenvalue weighted by molar-refractivity contribution is 0.0935. The van der Waals surface area contributed by atoms with E-state index in [4.69, 9.17) is 4.42 Å². The summed E-state index contributed by atoms with van der Waals surface area (Å²) in [6.45, 7) is 5.57. The number of sulfonamides is 1. The fourth-order valence-electron chi connectivity index (χ4n) is 2.85. The van der Waals surface area contributed by atoms with Gasteiger partial charge in [0.15, 0.2) is 0 Å². The average Bonchev–Trinajstić information content (AvgIpc) is 3.06. The van der Waals surface area contributed by atoms with Gasteiger partial charge in [-0.3, -0.25) is 4.79 Å². The van der Waals surface area contributed by atoms with E-state index >= 15 is 0 Å². The molecule has 6 nitrogen and oxygen atoms in total. The number of aryl methyl sites for hydroxylation is 1.